The largest absolute Gasteiger partial charge is 0.417 e. The zero-order valence-corrected chi connectivity index (χ0v) is 14.9. The molecule has 27 heavy (non-hydrogen) atoms. The number of fused-ring (bicyclic) bond motifs is 1. The van der Waals surface area contributed by atoms with Crippen LogP contribution < -0.4 is 16.6 Å². The summed E-state index contributed by atoms with van der Waals surface area (Å²) in [4.78, 5) is 36.8. The number of primary amides is 1. The van der Waals surface area contributed by atoms with E-state index in [0.717, 1.165) is 35.8 Å². The molecule has 0 bridgehead atoms. The van der Waals surface area contributed by atoms with Crippen LogP contribution in [-0.2, 0) is 30.4 Å². The summed E-state index contributed by atoms with van der Waals surface area (Å²) in [6.45, 7) is -0.608. The van der Waals surface area contributed by atoms with Crippen LogP contribution >= 0.6 is 11.3 Å². The van der Waals surface area contributed by atoms with Crippen molar-refractivity contribution in [1.82, 2.24) is 4.57 Å². The molecule has 3 rings (SSSR count). The Hall–Kier alpha value is -2.62. The first-order valence-electron chi connectivity index (χ1n) is 8.18. The molecule has 2 heterocycles. The summed E-state index contributed by atoms with van der Waals surface area (Å²) < 4.78 is 39.0. The second-order valence-electron chi connectivity index (χ2n) is 6.21. The van der Waals surface area contributed by atoms with E-state index >= 15 is 0 Å². The van der Waals surface area contributed by atoms with Crippen molar-refractivity contribution in [2.24, 2.45) is 5.73 Å². The number of amides is 2. The third-order valence-electron chi connectivity index (χ3n) is 4.30. The van der Waals surface area contributed by atoms with Crippen molar-refractivity contribution in [3.8, 4) is 0 Å². The standard InChI is InChI=1S/C17H16F3N3O3S/c18-17(19,20)9-5-6-13(25)23(7-9)8-12(24)22-16-14(15(21)26)10-3-1-2-4-11(10)27-16/h5-7H,1-4,8H2,(H2,21,26)(H,22,24). The van der Waals surface area contributed by atoms with Gasteiger partial charge in [-0.15, -0.1) is 11.3 Å². The van der Waals surface area contributed by atoms with Crippen molar-refractivity contribution in [2.75, 3.05) is 5.32 Å². The van der Waals surface area contributed by atoms with E-state index in [2.05, 4.69) is 5.32 Å². The fourth-order valence-electron chi connectivity index (χ4n) is 3.06. The van der Waals surface area contributed by atoms with E-state index < -0.39 is 35.7 Å². The van der Waals surface area contributed by atoms with E-state index in [1.165, 1.54) is 11.3 Å². The van der Waals surface area contributed by atoms with E-state index in [-0.39, 0.29) is 10.6 Å². The number of anilines is 1. The molecule has 0 aromatic carbocycles. The molecule has 0 radical (unpaired) electrons. The summed E-state index contributed by atoms with van der Waals surface area (Å²) in [5.74, 6) is -1.38. The van der Waals surface area contributed by atoms with E-state index in [4.69, 9.17) is 5.73 Å². The highest BCUT2D eigenvalue weighted by atomic mass is 32.1. The van der Waals surface area contributed by atoms with E-state index in [1.807, 2.05) is 0 Å². The maximum Gasteiger partial charge on any atom is 0.417 e. The Balaban J connectivity index is 1.84. The molecule has 0 fully saturated rings. The second-order valence-corrected chi connectivity index (χ2v) is 7.31. The molecule has 144 valence electrons. The van der Waals surface area contributed by atoms with Crippen molar-refractivity contribution < 1.29 is 22.8 Å². The average molecular weight is 399 g/mol. The van der Waals surface area contributed by atoms with Gasteiger partial charge in [0.25, 0.3) is 11.5 Å². The van der Waals surface area contributed by atoms with E-state index in [0.29, 0.717) is 23.3 Å². The number of aromatic nitrogens is 1. The molecule has 0 spiro atoms. The van der Waals surface area contributed by atoms with Crippen LogP contribution in [0.2, 0.25) is 0 Å². The quantitative estimate of drug-likeness (QED) is 0.827. The fraction of sp³-hybridized carbons (Fsp3) is 0.353. The summed E-state index contributed by atoms with van der Waals surface area (Å²) in [5.41, 5.74) is 4.75. The number of alkyl halides is 3. The Morgan fingerprint density at radius 1 is 1.22 bits per heavy atom. The van der Waals surface area contributed by atoms with Gasteiger partial charge >= 0.3 is 6.18 Å². The maximum absolute atomic E-state index is 12.8. The van der Waals surface area contributed by atoms with Crippen LogP contribution in [-0.4, -0.2) is 16.4 Å². The molecule has 2 amide bonds. The van der Waals surface area contributed by atoms with Crippen LogP contribution in [0.3, 0.4) is 0 Å². The van der Waals surface area contributed by atoms with Gasteiger partial charge in [-0.2, -0.15) is 13.2 Å². The molecule has 1 aliphatic rings. The number of halogens is 3. The van der Waals surface area contributed by atoms with E-state index in [1.54, 1.807) is 0 Å². The van der Waals surface area contributed by atoms with Crippen molar-refractivity contribution in [3.05, 3.63) is 50.3 Å². The Kier molecular flexibility index (Phi) is 5.09. The van der Waals surface area contributed by atoms with Gasteiger partial charge in [-0.25, -0.2) is 0 Å². The minimum atomic E-state index is -4.63. The SMILES string of the molecule is NC(=O)c1c(NC(=O)Cn2cc(C(F)(F)F)ccc2=O)sc2c1CCCC2. The van der Waals surface area contributed by atoms with Gasteiger partial charge in [-0.3, -0.25) is 14.4 Å². The van der Waals surface area contributed by atoms with Crippen molar-refractivity contribution in [2.45, 2.75) is 38.4 Å². The Bertz CT molecular complexity index is 963. The molecule has 0 aliphatic heterocycles. The van der Waals surface area contributed by atoms with Crippen LogP contribution in [0.4, 0.5) is 18.2 Å². The monoisotopic (exact) mass is 399 g/mol. The van der Waals surface area contributed by atoms with Crippen LogP contribution in [0.5, 0.6) is 0 Å². The van der Waals surface area contributed by atoms with Crippen molar-refractivity contribution in [3.63, 3.8) is 0 Å². The third-order valence-corrected chi connectivity index (χ3v) is 5.50. The Morgan fingerprint density at radius 2 is 1.93 bits per heavy atom. The van der Waals surface area contributed by atoms with Crippen molar-refractivity contribution >= 4 is 28.2 Å². The molecule has 1 aliphatic carbocycles. The van der Waals surface area contributed by atoms with Gasteiger partial charge in [0, 0.05) is 17.1 Å². The lowest BCUT2D eigenvalue weighted by Gasteiger charge is -2.12. The summed E-state index contributed by atoms with van der Waals surface area (Å²) in [6.07, 6.45) is -0.680. The zero-order valence-electron chi connectivity index (χ0n) is 14.1. The first kappa shape index (κ1) is 19.2. The number of nitrogens with zero attached hydrogens (tertiary/aromatic N) is 1. The molecule has 0 unspecified atom stereocenters. The molecule has 2 aromatic heterocycles. The summed E-state index contributed by atoms with van der Waals surface area (Å²) in [7, 11) is 0. The Morgan fingerprint density at radius 3 is 2.59 bits per heavy atom. The third kappa shape index (κ3) is 4.05. The first-order valence-corrected chi connectivity index (χ1v) is 9.00. The number of aryl methyl sites for hydroxylation is 1. The minimum Gasteiger partial charge on any atom is -0.365 e. The number of nitrogens with two attached hydrogens (primary N) is 1. The molecule has 0 saturated heterocycles. The average Bonchev–Trinajstić information content (AvgIpc) is 2.93. The van der Waals surface area contributed by atoms with Crippen LogP contribution in [0, 0.1) is 0 Å². The highest BCUT2D eigenvalue weighted by Crippen LogP contribution is 2.37. The van der Waals surface area contributed by atoms with Gasteiger partial charge in [0.05, 0.1) is 11.1 Å². The zero-order chi connectivity index (χ0) is 19.8. The van der Waals surface area contributed by atoms with Gasteiger partial charge in [0.15, 0.2) is 0 Å². The van der Waals surface area contributed by atoms with Gasteiger partial charge < -0.3 is 15.6 Å². The lowest BCUT2D eigenvalue weighted by atomic mass is 9.95. The summed E-state index contributed by atoms with van der Waals surface area (Å²) >= 11 is 1.24. The number of carbonyl (C=O) groups is 2. The van der Waals surface area contributed by atoms with Crippen LogP contribution in [0.15, 0.2) is 23.1 Å². The molecule has 6 nitrogen and oxygen atoms in total. The molecule has 0 saturated carbocycles. The minimum absolute atomic E-state index is 0.249. The number of carbonyl (C=O) groups excluding carboxylic acids is 2. The molecular weight excluding hydrogens is 383 g/mol. The van der Waals surface area contributed by atoms with Gasteiger partial charge in [-0.1, -0.05) is 0 Å². The van der Waals surface area contributed by atoms with Crippen molar-refractivity contribution in [1.29, 1.82) is 0 Å². The second kappa shape index (κ2) is 7.18. The molecule has 3 N–H and O–H groups in total. The lowest BCUT2D eigenvalue weighted by molar-refractivity contribution is -0.138. The van der Waals surface area contributed by atoms with Crippen LogP contribution in [0.25, 0.3) is 0 Å². The molecule has 10 heteroatoms. The smallest absolute Gasteiger partial charge is 0.365 e. The van der Waals surface area contributed by atoms with E-state index in [9.17, 15) is 27.6 Å². The predicted octanol–water partition coefficient (Wildman–Crippen LogP) is 2.55. The fourth-order valence-corrected chi connectivity index (χ4v) is 4.37. The van der Waals surface area contributed by atoms with Crippen LogP contribution in [0.1, 0.15) is 39.2 Å². The molecule has 0 atom stereocenters. The number of pyridine rings is 1. The molecular formula is C17H16F3N3O3S. The first-order chi connectivity index (χ1) is 12.7. The highest BCUT2D eigenvalue weighted by molar-refractivity contribution is 7.17. The summed E-state index contributed by atoms with van der Waals surface area (Å²) in [5, 5.41) is 2.80. The molecule has 2 aromatic rings. The van der Waals surface area contributed by atoms with Gasteiger partial charge in [0.1, 0.15) is 11.5 Å². The van der Waals surface area contributed by atoms with Gasteiger partial charge in [0.2, 0.25) is 5.91 Å². The normalized spacial score (nSPS) is 13.9. The lowest BCUT2D eigenvalue weighted by Crippen LogP contribution is -2.28. The maximum atomic E-state index is 12.8. The number of rotatable bonds is 4. The highest BCUT2D eigenvalue weighted by Gasteiger charge is 2.31. The number of thiophene rings is 1. The number of nitrogens with one attached hydrogen (secondary N) is 1. The predicted molar refractivity (Wildman–Crippen MR) is 93.8 cm³/mol. The summed E-state index contributed by atoms with van der Waals surface area (Å²) in [6, 6.07) is 1.42. The topological polar surface area (TPSA) is 94.2 Å². The number of hydrogen-bond donors (Lipinski definition) is 2. The number of hydrogen-bond acceptors (Lipinski definition) is 4. The Labute approximate surface area is 155 Å². The van der Waals surface area contributed by atoms with Gasteiger partial charge in [-0.05, 0) is 37.3 Å².